The first-order valence-electron chi connectivity index (χ1n) is 7.27. The number of likely N-dealkylation sites (tertiary alicyclic amines) is 1. The molecule has 1 aromatic rings. The van der Waals surface area contributed by atoms with Crippen molar-refractivity contribution in [3.05, 3.63) is 23.5 Å². The molecule has 0 aromatic carbocycles. The van der Waals surface area contributed by atoms with Crippen LogP contribution in [0.1, 0.15) is 25.7 Å². The zero-order valence-electron chi connectivity index (χ0n) is 11.6. The molecule has 116 valence electrons. The highest BCUT2D eigenvalue weighted by molar-refractivity contribution is 5.49. The van der Waals surface area contributed by atoms with Gasteiger partial charge in [0.25, 0.3) is 11.9 Å². The summed E-state index contributed by atoms with van der Waals surface area (Å²) in [6.45, 7) is 2.72. The summed E-state index contributed by atoms with van der Waals surface area (Å²) in [7, 11) is 0. The summed E-state index contributed by atoms with van der Waals surface area (Å²) < 4.78 is 53.9. The number of aromatic nitrogens is 1. The smallest absolute Gasteiger partial charge is 0.253 e. The lowest BCUT2D eigenvalue weighted by Gasteiger charge is -2.32. The molecular weight excluding hydrogens is 286 g/mol. The van der Waals surface area contributed by atoms with Gasteiger partial charge in [-0.2, -0.15) is 22.5 Å². The molecule has 1 unspecified atom stereocenters. The van der Waals surface area contributed by atoms with Crippen molar-refractivity contribution in [3.63, 3.8) is 0 Å². The lowest BCUT2D eigenvalue weighted by molar-refractivity contribution is 0.174. The van der Waals surface area contributed by atoms with Crippen molar-refractivity contribution in [2.75, 3.05) is 31.1 Å². The SMILES string of the molecule is Fc1nc(F)c(F)c(N2CCC(N3CCCCC3)C2)c1F. The van der Waals surface area contributed by atoms with Crippen LogP contribution in [0.25, 0.3) is 0 Å². The van der Waals surface area contributed by atoms with E-state index in [-0.39, 0.29) is 6.04 Å². The van der Waals surface area contributed by atoms with Crippen LogP contribution in [-0.2, 0) is 0 Å². The largest absolute Gasteiger partial charge is 0.365 e. The van der Waals surface area contributed by atoms with Gasteiger partial charge in [0.15, 0.2) is 0 Å². The van der Waals surface area contributed by atoms with Crippen LogP contribution in [0.15, 0.2) is 0 Å². The molecule has 3 nitrogen and oxygen atoms in total. The molecule has 0 bridgehead atoms. The summed E-state index contributed by atoms with van der Waals surface area (Å²) in [5, 5.41) is 0. The van der Waals surface area contributed by atoms with E-state index in [0.29, 0.717) is 13.1 Å². The molecule has 0 aliphatic carbocycles. The fourth-order valence-electron chi connectivity index (χ4n) is 3.28. The first-order chi connectivity index (χ1) is 10.1. The van der Waals surface area contributed by atoms with Crippen molar-refractivity contribution in [3.8, 4) is 0 Å². The summed E-state index contributed by atoms with van der Waals surface area (Å²) in [4.78, 5) is 6.28. The van der Waals surface area contributed by atoms with Gasteiger partial charge in [-0.05, 0) is 32.4 Å². The van der Waals surface area contributed by atoms with E-state index in [1.54, 1.807) is 0 Å². The number of anilines is 1. The number of hydrogen-bond donors (Lipinski definition) is 0. The minimum Gasteiger partial charge on any atom is -0.365 e. The molecule has 2 saturated heterocycles. The maximum Gasteiger partial charge on any atom is 0.253 e. The number of rotatable bonds is 2. The Morgan fingerprint density at radius 2 is 1.48 bits per heavy atom. The minimum atomic E-state index is -1.59. The van der Waals surface area contributed by atoms with E-state index in [1.807, 2.05) is 0 Å². The van der Waals surface area contributed by atoms with Crippen LogP contribution in [0.2, 0.25) is 0 Å². The maximum atomic E-state index is 13.8. The van der Waals surface area contributed by atoms with E-state index in [2.05, 4.69) is 9.88 Å². The van der Waals surface area contributed by atoms with E-state index >= 15 is 0 Å². The predicted molar refractivity (Wildman–Crippen MR) is 70.1 cm³/mol. The van der Waals surface area contributed by atoms with E-state index in [9.17, 15) is 17.6 Å². The molecule has 0 N–H and O–H groups in total. The van der Waals surface area contributed by atoms with Crippen LogP contribution in [-0.4, -0.2) is 42.1 Å². The Balaban J connectivity index is 1.80. The molecular formula is C14H17F4N3. The zero-order chi connectivity index (χ0) is 15.0. The van der Waals surface area contributed by atoms with Gasteiger partial charge < -0.3 is 4.90 Å². The molecule has 0 radical (unpaired) electrons. The normalized spacial score (nSPS) is 23.8. The third-order valence-corrected chi connectivity index (χ3v) is 4.36. The highest BCUT2D eigenvalue weighted by Crippen LogP contribution is 2.30. The molecule has 2 aliphatic heterocycles. The summed E-state index contributed by atoms with van der Waals surface area (Å²) in [5.41, 5.74) is -0.625. The summed E-state index contributed by atoms with van der Waals surface area (Å²) >= 11 is 0. The van der Waals surface area contributed by atoms with Crippen LogP contribution < -0.4 is 4.90 Å². The van der Waals surface area contributed by atoms with Crippen molar-refractivity contribution >= 4 is 5.69 Å². The van der Waals surface area contributed by atoms with Crippen LogP contribution in [0.5, 0.6) is 0 Å². The van der Waals surface area contributed by atoms with Gasteiger partial charge in [0.2, 0.25) is 11.6 Å². The van der Waals surface area contributed by atoms with E-state index in [1.165, 1.54) is 11.3 Å². The van der Waals surface area contributed by atoms with Crippen molar-refractivity contribution in [2.45, 2.75) is 31.7 Å². The minimum absolute atomic E-state index is 0.184. The monoisotopic (exact) mass is 303 g/mol. The average molecular weight is 303 g/mol. The number of pyridine rings is 1. The van der Waals surface area contributed by atoms with Gasteiger partial charge in [0.05, 0.1) is 0 Å². The molecule has 2 fully saturated rings. The van der Waals surface area contributed by atoms with Crippen LogP contribution in [0.4, 0.5) is 23.2 Å². The Bertz CT molecular complexity index is 505. The van der Waals surface area contributed by atoms with Crippen LogP contribution >= 0.6 is 0 Å². The van der Waals surface area contributed by atoms with Gasteiger partial charge in [0.1, 0.15) is 5.69 Å². The number of piperidine rings is 1. The van der Waals surface area contributed by atoms with Crippen molar-refractivity contribution < 1.29 is 17.6 Å². The Morgan fingerprint density at radius 1 is 0.857 bits per heavy atom. The molecule has 1 atom stereocenters. The van der Waals surface area contributed by atoms with Gasteiger partial charge in [-0.25, -0.2) is 0 Å². The second kappa shape index (κ2) is 5.79. The van der Waals surface area contributed by atoms with Crippen LogP contribution in [0, 0.1) is 23.5 Å². The van der Waals surface area contributed by atoms with Crippen molar-refractivity contribution in [1.82, 2.24) is 9.88 Å². The van der Waals surface area contributed by atoms with Gasteiger partial charge in [0, 0.05) is 19.1 Å². The number of nitrogens with zero attached hydrogens (tertiary/aromatic N) is 3. The van der Waals surface area contributed by atoms with Crippen molar-refractivity contribution in [2.24, 2.45) is 0 Å². The molecule has 3 rings (SSSR count). The summed E-state index contributed by atoms with van der Waals surface area (Å²) in [5.74, 6) is -6.00. The number of hydrogen-bond acceptors (Lipinski definition) is 3. The second-order valence-electron chi connectivity index (χ2n) is 5.66. The molecule has 0 spiro atoms. The summed E-state index contributed by atoms with van der Waals surface area (Å²) in [6.07, 6.45) is 4.19. The van der Waals surface area contributed by atoms with Crippen LogP contribution in [0.3, 0.4) is 0 Å². The van der Waals surface area contributed by atoms with Gasteiger partial charge >= 0.3 is 0 Å². The average Bonchev–Trinajstić information content (AvgIpc) is 2.96. The van der Waals surface area contributed by atoms with Gasteiger partial charge in [-0.15, -0.1) is 0 Å². The molecule has 21 heavy (non-hydrogen) atoms. The van der Waals surface area contributed by atoms with Gasteiger partial charge in [-0.3, -0.25) is 4.90 Å². The third-order valence-electron chi connectivity index (χ3n) is 4.36. The Labute approximate surface area is 120 Å². The highest BCUT2D eigenvalue weighted by atomic mass is 19.2. The third kappa shape index (κ3) is 2.71. The van der Waals surface area contributed by atoms with E-state index in [0.717, 1.165) is 32.4 Å². The fraction of sp³-hybridized carbons (Fsp3) is 0.643. The lowest BCUT2D eigenvalue weighted by atomic mass is 10.1. The molecule has 0 amide bonds. The first-order valence-corrected chi connectivity index (χ1v) is 7.27. The molecule has 0 saturated carbocycles. The number of halogens is 4. The standard InChI is InChI=1S/C14H17F4N3/c15-10-12(11(16)14(18)19-13(10)17)21-7-4-9(8-21)20-5-2-1-3-6-20/h9H,1-8H2. The molecule has 3 heterocycles. The summed E-state index contributed by atoms with van der Waals surface area (Å²) in [6, 6.07) is 0.184. The molecule has 2 aliphatic rings. The Hall–Kier alpha value is -1.37. The second-order valence-corrected chi connectivity index (χ2v) is 5.66. The highest BCUT2D eigenvalue weighted by Gasteiger charge is 2.33. The lowest BCUT2D eigenvalue weighted by Crippen LogP contribution is -2.41. The quantitative estimate of drug-likeness (QED) is 0.618. The maximum absolute atomic E-state index is 13.8. The van der Waals surface area contributed by atoms with Crippen molar-refractivity contribution in [1.29, 1.82) is 0 Å². The van der Waals surface area contributed by atoms with E-state index in [4.69, 9.17) is 0 Å². The Kier molecular flexibility index (Phi) is 4.01. The first kappa shape index (κ1) is 14.6. The molecule has 7 heteroatoms. The topological polar surface area (TPSA) is 19.4 Å². The van der Waals surface area contributed by atoms with Gasteiger partial charge in [-0.1, -0.05) is 6.42 Å². The Morgan fingerprint density at radius 3 is 2.10 bits per heavy atom. The predicted octanol–water partition coefficient (Wildman–Crippen LogP) is 2.70. The zero-order valence-corrected chi connectivity index (χ0v) is 11.6. The fourth-order valence-corrected chi connectivity index (χ4v) is 3.28. The molecule has 1 aromatic heterocycles. The van der Waals surface area contributed by atoms with E-state index < -0.39 is 29.2 Å².